The van der Waals surface area contributed by atoms with Gasteiger partial charge in [-0.25, -0.2) is 0 Å². The molecule has 20 heavy (non-hydrogen) atoms. The van der Waals surface area contributed by atoms with Crippen molar-refractivity contribution in [2.24, 2.45) is 5.92 Å². The molecule has 1 N–H and O–H groups in total. The van der Waals surface area contributed by atoms with E-state index >= 15 is 0 Å². The van der Waals surface area contributed by atoms with Gasteiger partial charge in [-0.1, -0.05) is 38.1 Å². The molecule has 0 radical (unpaired) electrons. The van der Waals surface area contributed by atoms with Crippen LogP contribution in [0.2, 0.25) is 0 Å². The quantitative estimate of drug-likeness (QED) is 0.885. The number of hydrogen-bond acceptors (Lipinski definition) is 2. The standard InChI is InChI=1S/C18H28N2/c1-13-7-6-10-20(12-13)17-11-14(2)15-8-4-5-9-16(15)18(17)19-3/h4-5,8-9,13-14,17-19H,6-7,10-12H2,1-3H3. The Balaban J connectivity index is 1.89. The summed E-state index contributed by atoms with van der Waals surface area (Å²) in [6.07, 6.45) is 4.05. The van der Waals surface area contributed by atoms with Crippen LogP contribution in [0, 0.1) is 5.92 Å². The number of hydrogen-bond donors (Lipinski definition) is 1. The third kappa shape index (κ3) is 2.51. The molecule has 1 aromatic carbocycles. The third-order valence-corrected chi connectivity index (χ3v) is 5.31. The summed E-state index contributed by atoms with van der Waals surface area (Å²) in [6, 6.07) is 10.2. The van der Waals surface area contributed by atoms with Crippen molar-refractivity contribution in [1.29, 1.82) is 0 Å². The topological polar surface area (TPSA) is 15.3 Å². The van der Waals surface area contributed by atoms with Crippen LogP contribution in [0.4, 0.5) is 0 Å². The first-order valence-corrected chi connectivity index (χ1v) is 8.21. The molecule has 0 bridgehead atoms. The summed E-state index contributed by atoms with van der Waals surface area (Å²) in [4.78, 5) is 2.75. The third-order valence-electron chi connectivity index (χ3n) is 5.31. The van der Waals surface area contributed by atoms with E-state index in [1.165, 1.54) is 37.9 Å². The van der Waals surface area contributed by atoms with Gasteiger partial charge in [-0.2, -0.15) is 0 Å². The summed E-state index contributed by atoms with van der Waals surface area (Å²) in [7, 11) is 2.12. The molecule has 1 aliphatic heterocycles. The summed E-state index contributed by atoms with van der Waals surface area (Å²) in [5, 5.41) is 3.60. The van der Waals surface area contributed by atoms with Gasteiger partial charge in [0.2, 0.25) is 0 Å². The van der Waals surface area contributed by atoms with Gasteiger partial charge in [0.25, 0.3) is 0 Å². The summed E-state index contributed by atoms with van der Waals surface area (Å²) in [5.74, 6) is 1.53. The van der Waals surface area contributed by atoms with Crippen molar-refractivity contribution in [3.05, 3.63) is 35.4 Å². The van der Waals surface area contributed by atoms with Crippen molar-refractivity contribution in [3.8, 4) is 0 Å². The molecule has 0 aromatic heterocycles. The fourth-order valence-corrected chi connectivity index (χ4v) is 4.31. The van der Waals surface area contributed by atoms with Gasteiger partial charge in [0.1, 0.15) is 0 Å². The molecule has 1 saturated heterocycles. The first-order valence-electron chi connectivity index (χ1n) is 8.21. The van der Waals surface area contributed by atoms with Gasteiger partial charge in [0.15, 0.2) is 0 Å². The van der Waals surface area contributed by atoms with Crippen LogP contribution in [0.3, 0.4) is 0 Å². The summed E-state index contributed by atoms with van der Waals surface area (Å²) in [6.45, 7) is 7.35. The normalized spacial score (nSPS) is 34.8. The Bertz CT molecular complexity index is 456. The molecule has 0 spiro atoms. The molecule has 0 saturated carbocycles. The molecule has 4 unspecified atom stereocenters. The highest BCUT2D eigenvalue weighted by Crippen LogP contribution is 2.40. The first-order chi connectivity index (χ1) is 9.70. The van der Waals surface area contributed by atoms with Gasteiger partial charge in [-0.15, -0.1) is 0 Å². The van der Waals surface area contributed by atoms with Gasteiger partial charge in [-0.3, -0.25) is 4.90 Å². The first kappa shape index (κ1) is 14.1. The average Bonchev–Trinajstić information content (AvgIpc) is 2.47. The Morgan fingerprint density at radius 3 is 2.60 bits per heavy atom. The van der Waals surface area contributed by atoms with Crippen LogP contribution in [-0.4, -0.2) is 31.1 Å². The molecule has 1 fully saturated rings. The number of nitrogens with one attached hydrogen (secondary N) is 1. The van der Waals surface area contributed by atoms with Crippen LogP contribution in [-0.2, 0) is 0 Å². The van der Waals surface area contributed by atoms with Gasteiger partial charge >= 0.3 is 0 Å². The second-order valence-electron chi connectivity index (χ2n) is 6.84. The zero-order chi connectivity index (χ0) is 14.1. The van der Waals surface area contributed by atoms with E-state index in [0.29, 0.717) is 18.0 Å². The lowest BCUT2D eigenvalue weighted by Gasteiger charge is -2.45. The van der Waals surface area contributed by atoms with Gasteiger partial charge in [-0.05, 0) is 55.8 Å². The molecular weight excluding hydrogens is 244 g/mol. The van der Waals surface area contributed by atoms with Crippen LogP contribution >= 0.6 is 0 Å². The van der Waals surface area contributed by atoms with Crippen LogP contribution in [0.25, 0.3) is 0 Å². The highest BCUT2D eigenvalue weighted by atomic mass is 15.2. The Morgan fingerprint density at radius 1 is 1.15 bits per heavy atom. The van der Waals surface area contributed by atoms with E-state index in [2.05, 4.69) is 55.4 Å². The fraction of sp³-hybridized carbons (Fsp3) is 0.667. The largest absolute Gasteiger partial charge is 0.312 e. The molecule has 0 amide bonds. The smallest absolute Gasteiger partial charge is 0.0478 e. The van der Waals surface area contributed by atoms with Crippen LogP contribution in [0.1, 0.15) is 56.2 Å². The van der Waals surface area contributed by atoms with Crippen molar-refractivity contribution in [1.82, 2.24) is 10.2 Å². The lowest BCUT2D eigenvalue weighted by molar-refractivity contribution is 0.0893. The Hall–Kier alpha value is -0.860. The van der Waals surface area contributed by atoms with E-state index in [9.17, 15) is 0 Å². The number of benzene rings is 1. The van der Waals surface area contributed by atoms with Gasteiger partial charge < -0.3 is 5.32 Å². The minimum absolute atomic E-state index is 0.493. The molecule has 4 atom stereocenters. The SMILES string of the molecule is CNC1c2ccccc2C(C)CC1N1CCCC(C)C1. The van der Waals surface area contributed by atoms with E-state index in [1.807, 2.05) is 0 Å². The molecule has 3 rings (SSSR count). The van der Waals surface area contributed by atoms with Gasteiger partial charge in [0, 0.05) is 18.6 Å². The number of piperidine rings is 1. The van der Waals surface area contributed by atoms with Crippen molar-refractivity contribution >= 4 is 0 Å². The van der Waals surface area contributed by atoms with Crippen molar-refractivity contribution in [2.45, 2.75) is 51.1 Å². The number of nitrogens with zero attached hydrogens (tertiary/aromatic N) is 1. The zero-order valence-electron chi connectivity index (χ0n) is 13.1. The number of rotatable bonds is 2. The van der Waals surface area contributed by atoms with E-state index < -0.39 is 0 Å². The Morgan fingerprint density at radius 2 is 1.90 bits per heavy atom. The molecule has 2 heteroatoms. The second kappa shape index (κ2) is 5.87. The molecule has 1 heterocycles. The molecule has 1 aliphatic carbocycles. The maximum atomic E-state index is 3.60. The number of likely N-dealkylation sites (N-methyl/N-ethyl adjacent to an activating group) is 1. The molecule has 2 nitrogen and oxygen atoms in total. The average molecular weight is 272 g/mol. The van der Waals surface area contributed by atoms with E-state index in [1.54, 1.807) is 5.56 Å². The highest BCUT2D eigenvalue weighted by molar-refractivity contribution is 5.36. The van der Waals surface area contributed by atoms with Crippen molar-refractivity contribution in [3.63, 3.8) is 0 Å². The van der Waals surface area contributed by atoms with Crippen LogP contribution < -0.4 is 5.32 Å². The lowest BCUT2D eigenvalue weighted by Crippen LogP contribution is -2.50. The van der Waals surface area contributed by atoms with E-state index in [4.69, 9.17) is 0 Å². The molecule has 2 aliphatic rings. The maximum absolute atomic E-state index is 3.60. The van der Waals surface area contributed by atoms with Crippen LogP contribution in [0.15, 0.2) is 24.3 Å². The van der Waals surface area contributed by atoms with Gasteiger partial charge in [0.05, 0.1) is 0 Å². The summed E-state index contributed by atoms with van der Waals surface area (Å²) >= 11 is 0. The van der Waals surface area contributed by atoms with Crippen LogP contribution in [0.5, 0.6) is 0 Å². The Labute approximate surface area is 123 Å². The minimum Gasteiger partial charge on any atom is -0.312 e. The second-order valence-corrected chi connectivity index (χ2v) is 6.84. The zero-order valence-corrected chi connectivity index (χ0v) is 13.1. The van der Waals surface area contributed by atoms with Crippen molar-refractivity contribution < 1.29 is 0 Å². The molecule has 110 valence electrons. The lowest BCUT2D eigenvalue weighted by atomic mass is 9.76. The summed E-state index contributed by atoms with van der Waals surface area (Å²) in [5.41, 5.74) is 3.07. The predicted molar refractivity (Wildman–Crippen MR) is 85.0 cm³/mol. The number of likely N-dealkylation sites (tertiary alicyclic amines) is 1. The molecule has 1 aromatic rings. The maximum Gasteiger partial charge on any atom is 0.0478 e. The van der Waals surface area contributed by atoms with E-state index in [-0.39, 0.29) is 0 Å². The van der Waals surface area contributed by atoms with E-state index in [0.717, 1.165) is 5.92 Å². The number of fused-ring (bicyclic) bond motifs is 1. The predicted octanol–water partition coefficient (Wildman–Crippen LogP) is 3.55. The Kier molecular flexibility index (Phi) is 4.13. The fourth-order valence-electron chi connectivity index (χ4n) is 4.31. The monoisotopic (exact) mass is 272 g/mol. The minimum atomic E-state index is 0.493. The summed E-state index contributed by atoms with van der Waals surface area (Å²) < 4.78 is 0. The highest BCUT2D eigenvalue weighted by Gasteiger charge is 2.36. The van der Waals surface area contributed by atoms with Crippen molar-refractivity contribution in [2.75, 3.05) is 20.1 Å². The molecular formula is C18H28N2.